The molecule has 3 heterocycles. The molecule has 1 amide bonds. The van der Waals surface area contributed by atoms with Crippen molar-refractivity contribution in [3.63, 3.8) is 0 Å². The second kappa shape index (κ2) is 7.41. The number of amides is 1. The van der Waals surface area contributed by atoms with Crippen molar-refractivity contribution in [1.29, 1.82) is 0 Å². The summed E-state index contributed by atoms with van der Waals surface area (Å²) in [5.74, 6) is 1.00. The van der Waals surface area contributed by atoms with Gasteiger partial charge in [0.2, 0.25) is 0 Å². The molecule has 0 saturated carbocycles. The molecule has 1 fully saturated rings. The third-order valence-corrected chi connectivity index (χ3v) is 5.74. The Kier molecular flexibility index (Phi) is 4.98. The minimum atomic E-state index is -0.215. The minimum absolute atomic E-state index is 0.0350. The first-order valence-corrected chi connectivity index (χ1v) is 9.67. The zero-order valence-corrected chi connectivity index (χ0v) is 16.3. The van der Waals surface area contributed by atoms with Crippen LogP contribution in [0, 0.1) is 13.8 Å². The second-order valence-electron chi connectivity index (χ2n) is 7.14. The van der Waals surface area contributed by atoms with E-state index in [9.17, 15) is 4.79 Å². The van der Waals surface area contributed by atoms with Gasteiger partial charge >= 0.3 is 0 Å². The lowest BCUT2D eigenvalue weighted by molar-refractivity contribution is 0.0907. The van der Waals surface area contributed by atoms with Crippen molar-refractivity contribution in [2.75, 3.05) is 19.6 Å². The first-order valence-electron chi connectivity index (χ1n) is 9.29. The van der Waals surface area contributed by atoms with Gasteiger partial charge in [0, 0.05) is 22.5 Å². The van der Waals surface area contributed by atoms with Crippen molar-refractivity contribution >= 4 is 28.5 Å². The van der Waals surface area contributed by atoms with Crippen molar-refractivity contribution in [3.8, 4) is 0 Å². The second-order valence-corrected chi connectivity index (χ2v) is 7.55. The van der Waals surface area contributed by atoms with Crippen molar-refractivity contribution in [2.45, 2.75) is 32.7 Å². The molecule has 0 spiro atoms. The lowest BCUT2D eigenvalue weighted by Gasteiger charge is -2.25. The number of hydrogen-bond acceptors (Lipinski definition) is 4. The molecule has 2 aromatic heterocycles. The summed E-state index contributed by atoms with van der Waals surface area (Å²) in [5, 5.41) is 4.57. The number of rotatable bonds is 5. The Balaban J connectivity index is 1.54. The number of nitrogens with zero attached hydrogens (tertiary/aromatic N) is 1. The molecule has 1 N–H and O–H groups in total. The van der Waals surface area contributed by atoms with Crippen molar-refractivity contribution in [2.24, 2.45) is 0 Å². The van der Waals surface area contributed by atoms with E-state index in [2.05, 4.69) is 10.2 Å². The molecule has 5 nitrogen and oxygen atoms in total. The number of aryl methyl sites for hydroxylation is 2. The molecule has 1 aliphatic heterocycles. The number of furan rings is 2. The molecule has 27 heavy (non-hydrogen) atoms. The van der Waals surface area contributed by atoms with Crippen molar-refractivity contribution < 1.29 is 13.6 Å². The minimum Gasteiger partial charge on any atom is -0.468 e. The fraction of sp³-hybridized carbons (Fsp3) is 0.381. The van der Waals surface area contributed by atoms with Gasteiger partial charge in [-0.05, 0) is 69.6 Å². The van der Waals surface area contributed by atoms with Gasteiger partial charge < -0.3 is 14.2 Å². The Hall–Kier alpha value is -2.24. The summed E-state index contributed by atoms with van der Waals surface area (Å²) in [6.45, 7) is 6.31. The topological polar surface area (TPSA) is 58.6 Å². The monoisotopic (exact) mass is 386 g/mol. The first-order chi connectivity index (χ1) is 13.0. The Morgan fingerprint density at radius 1 is 1.30 bits per heavy atom. The van der Waals surface area contributed by atoms with Crippen LogP contribution in [0.4, 0.5) is 0 Å². The quantitative estimate of drug-likeness (QED) is 0.680. The van der Waals surface area contributed by atoms with Gasteiger partial charge in [-0.25, -0.2) is 0 Å². The van der Waals surface area contributed by atoms with Crippen LogP contribution in [0.1, 0.15) is 46.3 Å². The highest BCUT2D eigenvalue weighted by Gasteiger charge is 2.27. The molecule has 0 bridgehead atoms. The van der Waals surface area contributed by atoms with Crippen LogP contribution < -0.4 is 5.32 Å². The molecule has 0 radical (unpaired) electrons. The predicted octanol–water partition coefficient (Wildman–Crippen LogP) is 4.86. The largest absolute Gasteiger partial charge is 0.468 e. The molecule has 1 aliphatic rings. The van der Waals surface area contributed by atoms with Gasteiger partial charge in [0.1, 0.15) is 11.3 Å². The van der Waals surface area contributed by atoms with Crippen LogP contribution in [0.25, 0.3) is 11.0 Å². The Morgan fingerprint density at radius 3 is 2.78 bits per heavy atom. The van der Waals surface area contributed by atoms with E-state index in [1.165, 1.54) is 12.8 Å². The van der Waals surface area contributed by atoms with Gasteiger partial charge in [-0.2, -0.15) is 0 Å². The summed E-state index contributed by atoms with van der Waals surface area (Å²) in [5.41, 5.74) is 2.42. The number of hydrogen-bond donors (Lipinski definition) is 1. The normalized spacial score (nSPS) is 16.1. The average Bonchev–Trinajstić information content (AvgIpc) is 3.39. The molecule has 6 heteroatoms. The average molecular weight is 387 g/mol. The molecule has 1 aromatic carbocycles. The number of likely N-dealkylation sites (tertiary alicyclic amines) is 1. The number of nitrogens with one attached hydrogen (secondary N) is 1. The standard InChI is InChI=1S/C21H23ClN2O3/c1-13-10-19-15(11-16(13)22)14(2)20(27-19)21(25)23-12-17(18-6-5-9-26-18)24-7-3-4-8-24/h5-6,9-11,17H,3-4,7-8,12H2,1-2H3,(H,23,25)/t17-/m0/s1. The summed E-state index contributed by atoms with van der Waals surface area (Å²) in [6, 6.07) is 7.62. The summed E-state index contributed by atoms with van der Waals surface area (Å²) in [4.78, 5) is 15.2. The van der Waals surface area contributed by atoms with Crippen LogP contribution in [0.5, 0.6) is 0 Å². The van der Waals surface area contributed by atoms with Gasteiger partial charge in [0.25, 0.3) is 5.91 Å². The number of carbonyl (C=O) groups excluding carboxylic acids is 1. The number of fused-ring (bicyclic) bond motifs is 1. The Bertz CT molecular complexity index is 956. The van der Waals surface area contributed by atoms with Crippen LogP contribution in [0.2, 0.25) is 5.02 Å². The lowest BCUT2D eigenvalue weighted by Crippen LogP contribution is -2.36. The lowest BCUT2D eigenvalue weighted by atomic mass is 10.1. The van der Waals surface area contributed by atoms with Crippen LogP contribution in [-0.4, -0.2) is 30.4 Å². The van der Waals surface area contributed by atoms with E-state index < -0.39 is 0 Å². The molecule has 4 rings (SSSR count). The smallest absolute Gasteiger partial charge is 0.287 e. The van der Waals surface area contributed by atoms with Gasteiger partial charge in [-0.15, -0.1) is 0 Å². The third-order valence-electron chi connectivity index (χ3n) is 5.33. The first kappa shape index (κ1) is 18.1. The van der Waals surface area contributed by atoms with Crippen LogP contribution in [-0.2, 0) is 0 Å². The van der Waals surface area contributed by atoms with E-state index in [1.54, 1.807) is 6.26 Å². The van der Waals surface area contributed by atoms with Crippen LogP contribution >= 0.6 is 11.6 Å². The highest BCUT2D eigenvalue weighted by atomic mass is 35.5. The van der Waals surface area contributed by atoms with E-state index in [0.717, 1.165) is 35.4 Å². The summed E-state index contributed by atoms with van der Waals surface area (Å²) in [7, 11) is 0. The van der Waals surface area contributed by atoms with Crippen LogP contribution in [0.15, 0.2) is 39.4 Å². The van der Waals surface area contributed by atoms with E-state index in [4.69, 9.17) is 20.4 Å². The maximum absolute atomic E-state index is 12.8. The van der Waals surface area contributed by atoms with Crippen LogP contribution in [0.3, 0.4) is 0 Å². The number of benzene rings is 1. The summed E-state index contributed by atoms with van der Waals surface area (Å²) in [6.07, 6.45) is 4.03. The number of carbonyl (C=O) groups is 1. The molecule has 142 valence electrons. The molecule has 1 atom stereocenters. The number of halogens is 1. The molecular formula is C21H23ClN2O3. The van der Waals surface area contributed by atoms with E-state index in [-0.39, 0.29) is 11.9 Å². The van der Waals surface area contributed by atoms with Gasteiger partial charge in [-0.1, -0.05) is 11.6 Å². The zero-order chi connectivity index (χ0) is 19.0. The zero-order valence-electron chi connectivity index (χ0n) is 15.5. The van der Waals surface area contributed by atoms with Gasteiger partial charge in [0.05, 0.1) is 12.3 Å². The maximum atomic E-state index is 12.8. The highest BCUT2D eigenvalue weighted by molar-refractivity contribution is 6.32. The van der Waals surface area contributed by atoms with E-state index >= 15 is 0 Å². The predicted molar refractivity (Wildman–Crippen MR) is 105 cm³/mol. The Labute approximate surface area is 163 Å². The van der Waals surface area contributed by atoms with E-state index in [0.29, 0.717) is 22.9 Å². The summed E-state index contributed by atoms with van der Waals surface area (Å²) < 4.78 is 11.5. The van der Waals surface area contributed by atoms with Crippen molar-refractivity contribution in [3.05, 3.63) is 58.2 Å². The Morgan fingerprint density at radius 2 is 2.07 bits per heavy atom. The molecular weight excluding hydrogens is 364 g/mol. The fourth-order valence-electron chi connectivity index (χ4n) is 3.77. The van der Waals surface area contributed by atoms with Crippen molar-refractivity contribution in [1.82, 2.24) is 10.2 Å². The van der Waals surface area contributed by atoms with E-state index in [1.807, 2.05) is 38.1 Å². The fourth-order valence-corrected chi connectivity index (χ4v) is 3.94. The summed E-state index contributed by atoms with van der Waals surface area (Å²) >= 11 is 6.22. The molecule has 1 saturated heterocycles. The molecule has 0 unspecified atom stereocenters. The van der Waals surface area contributed by atoms with Gasteiger partial charge in [0.15, 0.2) is 5.76 Å². The van der Waals surface area contributed by atoms with Gasteiger partial charge in [-0.3, -0.25) is 9.69 Å². The highest BCUT2D eigenvalue weighted by Crippen LogP contribution is 2.30. The SMILES string of the molecule is Cc1cc2oc(C(=O)NC[C@@H](c3ccco3)N3CCCC3)c(C)c2cc1Cl. The molecule has 0 aliphatic carbocycles. The third kappa shape index (κ3) is 3.49. The maximum Gasteiger partial charge on any atom is 0.287 e. The molecule has 3 aromatic rings.